The smallest absolute Gasteiger partial charge is 0.408 e. The topological polar surface area (TPSA) is 84.9 Å². The number of rotatable bonds is 5. The van der Waals surface area contributed by atoms with Crippen molar-refractivity contribution in [3.63, 3.8) is 0 Å². The van der Waals surface area contributed by atoms with Gasteiger partial charge in [0.15, 0.2) is 0 Å². The molecule has 0 aliphatic rings. The fourth-order valence-corrected chi connectivity index (χ4v) is 1.81. The van der Waals surface area contributed by atoms with Crippen LogP contribution in [0.2, 0.25) is 0 Å². The summed E-state index contributed by atoms with van der Waals surface area (Å²) in [7, 11) is 1.27. The number of carbonyl (C=O) groups is 2. The highest BCUT2D eigenvalue weighted by Gasteiger charge is 2.24. The minimum atomic E-state index is -0.784. The molecule has 122 valence electrons. The van der Waals surface area contributed by atoms with Gasteiger partial charge in [-0.3, -0.25) is 0 Å². The SMILES string of the molecule is COC(=O)[C@H](CCc1ccc(O)cc1)NC(=O)OC(C)(C)C. The van der Waals surface area contributed by atoms with Gasteiger partial charge in [-0.25, -0.2) is 9.59 Å². The highest BCUT2D eigenvalue weighted by atomic mass is 16.6. The Labute approximate surface area is 130 Å². The van der Waals surface area contributed by atoms with Gasteiger partial charge in [0, 0.05) is 0 Å². The number of alkyl carbamates (subject to hydrolysis) is 1. The summed E-state index contributed by atoms with van der Waals surface area (Å²) in [5.74, 6) is -0.343. The first kappa shape index (κ1) is 17.8. The average Bonchev–Trinajstić information content (AvgIpc) is 2.42. The summed E-state index contributed by atoms with van der Waals surface area (Å²) in [5.41, 5.74) is 0.305. The van der Waals surface area contributed by atoms with Crippen LogP contribution in [-0.2, 0) is 20.7 Å². The van der Waals surface area contributed by atoms with Crippen molar-refractivity contribution in [3.8, 4) is 5.75 Å². The van der Waals surface area contributed by atoms with E-state index in [4.69, 9.17) is 9.47 Å². The van der Waals surface area contributed by atoms with Crippen molar-refractivity contribution in [1.82, 2.24) is 5.32 Å². The van der Waals surface area contributed by atoms with E-state index < -0.39 is 23.7 Å². The molecule has 0 aromatic heterocycles. The van der Waals surface area contributed by atoms with Gasteiger partial charge in [-0.2, -0.15) is 0 Å². The Hall–Kier alpha value is -2.24. The number of ether oxygens (including phenoxy) is 2. The largest absolute Gasteiger partial charge is 0.508 e. The molecule has 0 spiro atoms. The first-order valence-corrected chi connectivity index (χ1v) is 7.06. The van der Waals surface area contributed by atoms with Crippen LogP contribution in [0.5, 0.6) is 5.75 Å². The predicted octanol–water partition coefficient (Wildman–Crippen LogP) is 2.39. The zero-order valence-corrected chi connectivity index (χ0v) is 13.4. The minimum absolute atomic E-state index is 0.181. The molecular formula is C16H23NO5. The summed E-state index contributed by atoms with van der Waals surface area (Å²) >= 11 is 0. The van der Waals surface area contributed by atoms with Crippen molar-refractivity contribution in [3.05, 3.63) is 29.8 Å². The van der Waals surface area contributed by atoms with E-state index >= 15 is 0 Å². The third kappa shape index (κ3) is 6.47. The van der Waals surface area contributed by atoms with Crippen LogP contribution in [0.4, 0.5) is 4.79 Å². The normalized spacial score (nSPS) is 12.4. The number of phenols is 1. The zero-order valence-electron chi connectivity index (χ0n) is 13.4. The highest BCUT2D eigenvalue weighted by molar-refractivity contribution is 5.81. The lowest BCUT2D eigenvalue weighted by atomic mass is 10.1. The van der Waals surface area contributed by atoms with E-state index in [2.05, 4.69) is 5.32 Å². The number of esters is 1. The molecule has 1 amide bonds. The highest BCUT2D eigenvalue weighted by Crippen LogP contribution is 2.13. The summed E-state index contributed by atoms with van der Waals surface area (Å²) < 4.78 is 9.84. The molecule has 0 saturated heterocycles. The third-order valence-corrected chi connectivity index (χ3v) is 2.83. The Balaban J connectivity index is 2.63. The van der Waals surface area contributed by atoms with Gasteiger partial charge < -0.3 is 19.9 Å². The molecule has 0 saturated carbocycles. The lowest BCUT2D eigenvalue weighted by molar-refractivity contribution is -0.143. The Kier molecular flexibility index (Phi) is 6.22. The second kappa shape index (κ2) is 7.68. The summed E-state index contributed by atoms with van der Waals surface area (Å²) in [5, 5.41) is 11.8. The fourth-order valence-electron chi connectivity index (χ4n) is 1.81. The quantitative estimate of drug-likeness (QED) is 0.816. The molecule has 1 rings (SSSR count). The molecule has 0 aliphatic heterocycles. The second-order valence-corrected chi connectivity index (χ2v) is 5.93. The van der Waals surface area contributed by atoms with Gasteiger partial charge in [-0.1, -0.05) is 12.1 Å². The van der Waals surface area contributed by atoms with E-state index in [9.17, 15) is 14.7 Å². The molecule has 2 N–H and O–H groups in total. The maximum Gasteiger partial charge on any atom is 0.408 e. The van der Waals surface area contributed by atoms with E-state index in [1.165, 1.54) is 7.11 Å². The molecule has 6 nitrogen and oxygen atoms in total. The van der Waals surface area contributed by atoms with E-state index in [0.717, 1.165) is 5.56 Å². The Bertz CT molecular complexity index is 504. The number of methoxy groups -OCH3 is 1. The van der Waals surface area contributed by atoms with Crippen LogP contribution in [0, 0.1) is 0 Å². The monoisotopic (exact) mass is 309 g/mol. The number of hydrogen-bond acceptors (Lipinski definition) is 5. The van der Waals surface area contributed by atoms with Gasteiger partial charge in [0.1, 0.15) is 17.4 Å². The third-order valence-electron chi connectivity index (χ3n) is 2.83. The van der Waals surface area contributed by atoms with Crippen LogP contribution < -0.4 is 5.32 Å². The van der Waals surface area contributed by atoms with Gasteiger partial charge in [0.05, 0.1) is 7.11 Å². The van der Waals surface area contributed by atoms with Crippen molar-refractivity contribution in [1.29, 1.82) is 0 Å². The fraction of sp³-hybridized carbons (Fsp3) is 0.500. The van der Waals surface area contributed by atoms with Gasteiger partial charge in [-0.05, 0) is 51.3 Å². The molecule has 0 fully saturated rings. The lowest BCUT2D eigenvalue weighted by Crippen LogP contribution is -2.44. The second-order valence-electron chi connectivity index (χ2n) is 5.93. The summed E-state index contributed by atoms with van der Waals surface area (Å²) in [6, 6.07) is 5.88. The zero-order chi connectivity index (χ0) is 16.8. The summed E-state index contributed by atoms with van der Waals surface area (Å²) in [4.78, 5) is 23.5. The van der Waals surface area contributed by atoms with Gasteiger partial charge in [0.2, 0.25) is 0 Å². The van der Waals surface area contributed by atoms with Crippen molar-refractivity contribution in [2.45, 2.75) is 45.3 Å². The molecule has 0 radical (unpaired) electrons. The number of amides is 1. The Morgan fingerprint density at radius 1 is 1.23 bits per heavy atom. The van der Waals surface area contributed by atoms with Crippen LogP contribution >= 0.6 is 0 Å². The van der Waals surface area contributed by atoms with Crippen LogP contribution in [0.25, 0.3) is 0 Å². The molecular weight excluding hydrogens is 286 g/mol. The average molecular weight is 309 g/mol. The van der Waals surface area contributed by atoms with Crippen molar-refractivity contribution in [2.75, 3.05) is 7.11 Å². The van der Waals surface area contributed by atoms with E-state index in [-0.39, 0.29) is 5.75 Å². The van der Waals surface area contributed by atoms with E-state index in [1.807, 2.05) is 0 Å². The number of aromatic hydroxyl groups is 1. The number of benzene rings is 1. The molecule has 1 aromatic rings. The maximum absolute atomic E-state index is 11.8. The van der Waals surface area contributed by atoms with Crippen molar-refractivity contribution in [2.24, 2.45) is 0 Å². The van der Waals surface area contributed by atoms with Gasteiger partial charge in [0.25, 0.3) is 0 Å². The molecule has 1 aromatic carbocycles. The van der Waals surface area contributed by atoms with Crippen LogP contribution in [0.15, 0.2) is 24.3 Å². The number of carbonyl (C=O) groups excluding carboxylic acids is 2. The van der Waals surface area contributed by atoms with Gasteiger partial charge in [-0.15, -0.1) is 0 Å². The van der Waals surface area contributed by atoms with Crippen molar-refractivity contribution < 1.29 is 24.2 Å². The Morgan fingerprint density at radius 2 is 1.82 bits per heavy atom. The number of hydrogen-bond donors (Lipinski definition) is 2. The molecule has 1 atom stereocenters. The minimum Gasteiger partial charge on any atom is -0.508 e. The lowest BCUT2D eigenvalue weighted by Gasteiger charge is -2.22. The molecule has 0 unspecified atom stereocenters. The van der Waals surface area contributed by atoms with E-state index in [0.29, 0.717) is 12.8 Å². The van der Waals surface area contributed by atoms with E-state index in [1.54, 1.807) is 45.0 Å². The van der Waals surface area contributed by atoms with Crippen LogP contribution in [0.3, 0.4) is 0 Å². The molecule has 0 heterocycles. The standard InChI is InChI=1S/C16H23NO5/c1-16(2,3)22-15(20)17-13(14(19)21-4)10-7-11-5-8-12(18)9-6-11/h5-6,8-9,13,18H,7,10H2,1-4H3,(H,17,20)/t13-/m0/s1. The predicted molar refractivity (Wildman–Crippen MR) is 81.6 cm³/mol. The number of nitrogens with one attached hydrogen (secondary N) is 1. The van der Waals surface area contributed by atoms with Crippen molar-refractivity contribution >= 4 is 12.1 Å². The molecule has 0 aliphatic carbocycles. The maximum atomic E-state index is 11.8. The summed E-state index contributed by atoms with van der Waals surface area (Å²) in [6.45, 7) is 5.24. The Morgan fingerprint density at radius 3 is 2.32 bits per heavy atom. The van der Waals surface area contributed by atoms with Crippen LogP contribution in [0.1, 0.15) is 32.8 Å². The number of aryl methyl sites for hydroxylation is 1. The molecule has 6 heteroatoms. The molecule has 22 heavy (non-hydrogen) atoms. The first-order valence-electron chi connectivity index (χ1n) is 7.06. The number of phenolic OH excluding ortho intramolecular Hbond substituents is 1. The molecule has 0 bridgehead atoms. The van der Waals surface area contributed by atoms with Gasteiger partial charge >= 0.3 is 12.1 Å². The first-order chi connectivity index (χ1) is 10.2. The summed E-state index contributed by atoms with van der Waals surface area (Å²) in [6.07, 6.45) is 0.264. The van der Waals surface area contributed by atoms with Crippen LogP contribution in [-0.4, -0.2) is 35.9 Å².